The van der Waals surface area contributed by atoms with E-state index in [0.717, 1.165) is 30.2 Å². The molecule has 0 saturated carbocycles. The van der Waals surface area contributed by atoms with Gasteiger partial charge in [0.05, 0.1) is 0 Å². The lowest BCUT2D eigenvalue weighted by Gasteiger charge is -2.45. The first kappa shape index (κ1) is 15.1. The minimum Gasteiger partial charge on any atom is -0.303 e. The standard InChI is InChI=1S/C22H29NO/c24-22-18(7-8-19-14-23-11-9-15(19)10-12-23)13-17-5-1-3-16-4-2-6-20(22)21(16)17/h2,4,6,15,17-19H,1,3,5,7-14H2/t17-,18?,19?/m0/s1. The molecule has 2 unspecified atom stereocenters. The number of hydrogen-bond donors (Lipinski definition) is 0. The molecule has 128 valence electrons. The van der Waals surface area contributed by atoms with Crippen LogP contribution in [0.15, 0.2) is 18.2 Å². The van der Waals surface area contributed by atoms with E-state index in [1.807, 2.05) is 0 Å². The van der Waals surface area contributed by atoms with Crippen molar-refractivity contribution in [2.75, 3.05) is 19.6 Å². The monoisotopic (exact) mass is 323 g/mol. The van der Waals surface area contributed by atoms with Crippen LogP contribution < -0.4 is 0 Å². The van der Waals surface area contributed by atoms with Crippen molar-refractivity contribution in [1.82, 2.24) is 4.90 Å². The fraction of sp³-hybridized carbons (Fsp3) is 0.682. The fourth-order valence-corrected chi connectivity index (χ4v) is 6.20. The molecule has 2 heteroatoms. The first-order chi connectivity index (χ1) is 11.8. The summed E-state index contributed by atoms with van der Waals surface area (Å²) in [5.74, 6) is 3.23. The van der Waals surface area contributed by atoms with Crippen LogP contribution in [0.3, 0.4) is 0 Å². The van der Waals surface area contributed by atoms with Gasteiger partial charge in [0.15, 0.2) is 5.78 Å². The maximum atomic E-state index is 13.1. The molecule has 0 amide bonds. The zero-order valence-corrected chi connectivity index (χ0v) is 14.7. The highest BCUT2D eigenvalue weighted by molar-refractivity contribution is 6.01. The van der Waals surface area contributed by atoms with Crippen LogP contribution in [-0.2, 0) is 6.42 Å². The molecule has 3 saturated heterocycles. The Morgan fingerprint density at radius 2 is 1.96 bits per heavy atom. The Kier molecular flexibility index (Phi) is 3.77. The summed E-state index contributed by atoms with van der Waals surface area (Å²) in [5, 5.41) is 0. The zero-order chi connectivity index (χ0) is 16.1. The largest absolute Gasteiger partial charge is 0.303 e. The Labute approximate surface area is 145 Å². The Bertz CT molecular complexity index is 643. The third-order valence-corrected chi connectivity index (χ3v) is 7.49. The summed E-state index contributed by atoms with van der Waals surface area (Å²) in [6.07, 6.45) is 10.1. The van der Waals surface area contributed by atoms with E-state index in [1.165, 1.54) is 69.3 Å². The third kappa shape index (κ3) is 2.45. The topological polar surface area (TPSA) is 20.3 Å². The van der Waals surface area contributed by atoms with Crippen molar-refractivity contribution in [1.29, 1.82) is 0 Å². The van der Waals surface area contributed by atoms with Crippen LogP contribution in [0.5, 0.6) is 0 Å². The molecule has 3 aliphatic heterocycles. The van der Waals surface area contributed by atoms with Crippen molar-refractivity contribution >= 4 is 5.78 Å². The summed E-state index contributed by atoms with van der Waals surface area (Å²) in [4.78, 5) is 15.7. The van der Waals surface area contributed by atoms with Gasteiger partial charge in [-0.3, -0.25) is 4.79 Å². The molecule has 24 heavy (non-hydrogen) atoms. The molecule has 0 radical (unpaired) electrons. The average molecular weight is 323 g/mol. The number of carbonyl (C=O) groups excluding carboxylic acids is 1. The van der Waals surface area contributed by atoms with Gasteiger partial charge >= 0.3 is 0 Å². The van der Waals surface area contributed by atoms with E-state index in [2.05, 4.69) is 23.1 Å². The number of hydrogen-bond acceptors (Lipinski definition) is 2. The van der Waals surface area contributed by atoms with Gasteiger partial charge in [-0.05, 0) is 93.3 Å². The van der Waals surface area contributed by atoms with E-state index in [0.29, 0.717) is 17.6 Å². The smallest absolute Gasteiger partial charge is 0.166 e. The molecule has 3 heterocycles. The summed E-state index contributed by atoms with van der Waals surface area (Å²) in [6.45, 7) is 3.94. The van der Waals surface area contributed by atoms with Gasteiger partial charge in [0.2, 0.25) is 0 Å². The van der Waals surface area contributed by atoms with Crippen molar-refractivity contribution < 1.29 is 4.79 Å². The van der Waals surface area contributed by atoms with Crippen LogP contribution in [-0.4, -0.2) is 30.3 Å². The second-order valence-corrected chi connectivity index (χ2v) is 8.74. The molecular weight excluding hydrogens is 294 g/mol. The molecular formula is C22H29NO. The predicted octanol–water partition coefficient (Wildman–Crippen LogP) is 4.43. The Morgan fingerprint density at radius 1 is 1.08 bits per heavy atom. The van der Waals surface area contributed by atoms with Gasteiger partial charge in [-0.2, -0.15) is 0 Å². The molecule has 3 fully saturated rings. The predicted molar refractivity (Wildman–Crippen MR) is 96.4 cm³/mol. The number of benzene rings is 1. The van der Waals surface area contributed by atoms with Gasteiger partial charge in [-0.25, -0.2) is 0 Å². The number of aryl methyl sites for hydroxylation is 1. The van der Waals surface area contributed by atoms with Crippen LogP contribution >= 0.6 is 0 Å². The highest BCUT2D eigenvalue weighted by atomic mass is 16.1. The van der Waals surface area contributed by atoms with Crippen molar-refractivity contribution in [3.05, 3.63) is 34.9 Å². The Morgan fingerprint density at radius 3 is 2.75 bits per heavy atom. The first-order valence-corrected chi connectivity index (χ1v) is 10.2. The summed E-state index contributed by atoms with van der Waals surface area (Å²) in [6, 6.07) is 6.48. The number of carbonyl (C=O) groups is 1. The van der Waals surface area contributed by atoms with Gasteiger partial charge in [-0.15, -0.1) is 0 Å². The Hall–Kier alpha value is -1.15. The summed E-state index contributed by atoms with van der Waals surface area (Å²) >= 11 is 0. The molecule has 0 N–H and O–H groups in total. The molecule has 6 rings (SSSR count). The van der Waals surface area contributed by atoms with Gasteiger partial charge in [0, 0.05) is 18.0 Å². The van der Waals surface area contributed by atoms with Crippen molar-refractivity contribution in [3.8, 4) is 0 Å². The molecule has 5 aliphatic rings. The van der Waals surface area contributed by atoms with Gasteiger partial charge in [0.1, 0.15) is 0 Å². The highest BCUT2D eigenvalue weighted by Crippen LogP contribution is 2.45. The first-order valence-electron chi connectivity index (χ1n) is 10.2. The van der Waals surface area contributed by atoms with Crippen LogP contribution in [0.4, 0.5) is 0 Å². The van der Waals surface area contributed by atoms with Gasteiger partial charge < -0.3 is 4.90 Å². The van der Waals surface area contributed by atoms with Crippen molar-refractivity contribution in [2.24, 2.45) is 17.8 Å². The fourth-order valence-electron chi connectivity index (χ4n) is 6.20. The molecule has 1 aromatic carbocycles. The lowest BCUT2D eigenvalue weighted by atomic mass is 9.67. The van der Waals surface area contributed by atoms with E-state index in [9.17, 15) is 4.79 Å². The van der Waals surface area contributed by atoms with Gasteiger partial charge in [0.25, 0.3) is 0 Å². The number of rotatable bonds is 3. The number of piperidine rings is 3. The van der Waals surface area contributed by atoms with Gasteiger partial charge in [-0.1, -0.05) is 18.2 Å². The third-order valence-electron chi connectivity index (χ3n) is 7.49. The van der Waals surface area contributed by atoms with Crippen molar-refractivity contribution in [3.63, 3.8) is 0 Å². The zero-order valence-electron chi connectivity index (χ0n) is 14.7. The normalized spacial score (nSPS) is 37.3. The second-order valence-electron chi connectivity index (χ2n) is 8.74. The molecule has 3 atom stereocenters. The van der Waals surface area contributed by atoms with Crippen LogP contribution in [0, 0.1) is 17.8 Å². The van der Waals surface area contributed by atoms with E-state index >= 15 is 0 Å². The molecule has 2 aliphatic carbocycles. The van der Waals surface area contributed by atoms with E-state index < -0.39 is 0 Å². The number of Topliss-reactive ketones (excluding diaryl/α,β-unsaturated/α-hetero) is 1. The minimum atomic E-state index is 0.298. The quantitative estimate of drug-likeness (QED) is 0.820. The van der Waals surface area contributed by atoms with Crippen LogP contribution in [0.2, 0.25) is 0 Å². The maximum absolute atomic E-state index is 13.1. The second kappa shape index (κ2) is 5.98. The summed E-state index contributed by atoms with van der Waals surface area (Å²) in [5.41, 5.74) is 3.99. The lowest BCUT2D eigenvalue weighted by Crippen LogP contribution is -2.47. The van der Waals surface area contributed by atoms with E-state index in [4.69, 9.17) is 0 Å². The molecule has 2 nitrogen and oxygen atoms in total. The number of fused-ring (bicyclic) bond motifs is 3. The Balaban J connectivity index is 1.32. The molecule has 2 bridgehead atoms. The lowest BCUT2D eigenvalue weighted by molar-refractivity contribution is 0.0422. The van der Waals surface area contributed by atoms with Crippen LogP contribution in [0.1, 0.15) is 72.3 Å². The minimum absolute atomic E-state index is 0.298. The molecule has 0 spiro atoms. The summed E-state index contributed by atoms with van der Waals surface area (Å²) < 4.78 is 0. The summed E-state index contributed by atoms with van der Waals surface area (Å²) in [7, 11) is 0. The molecule has 1 aromatic rings. The number of ketones is 1. The van der Waals surface area contributed by atoms with E-state index in [-0.39, 0.29) is 0 Å². The van der Waals surface area contributed by atoms with Crippen molar-refractivity contribution in [2.45, 2.75) is 57.3 Å². The average Bonchev–Trinajstić information content (AvgIpc) is 2.64. The SMILES string of the molecule is O=C1c2cccc3c2[C@@H](CCC3)CC1CCC1CN2CCC1CC2. The van der Waals surface area contributed by atoms with Crippen LogP contribution in [0.25, 0.3) is 0 Å². The number of nitrogens with zero attached hydrogens (tertiary/aromatic N) is 1. The highest BCUT2D eigenvalue weighted by Gasteiger charge is 2.38. The molecule has 0 aromatic heterocycles. The maximum Gasteiger partial charge on any atom is 0.166 e. The van der Waals surface area contributed by atoms with E-state index in [1.54, 1.807) is 0 Å².